The molecule has 4 nitrogen and oxygen atoms in total. The highest BCUT2D eigenvalue weighted by atomic mass is 32.2. The third-order valence-corrected chi connectivity index (χ3v) is 4.19. The molecule has 3 unspecified atom stereocenters. The molecule has 0 aliphatic heterocycles. The molecular weight excluding hydrogens is 236 g/mol. The van der Waals surface area contributed by atoms with Crippen LogP contribution in [0.15, 0.2) is 0 Å². The molecule has 17 heavy (non-hydrogen) atoms. The Labute approximate surface area is 108 Å². The molecule has 2 N–H and O–H groups in total. The van der Waals surface area contributed by atoms with Crippen LogP contribution in [-0.4, -0.2) is 49.8 Å². The Kier molecular flexibility index (Phi) is 6.92. The number of carbonyl (C=O) groups is 1. The van der Waals surface area contributed by atoms with E-state index in [-0.39, 0.29) is 11.9 Å². The Hall–Kier alpha value is -0.260. The van der Waals surface area contributed by atoms with Crippen molar-refractivity contribution in [1.82, 2.24) is 10.6 Å². The Morgan fingerprint density at radius 1 is 1.53 bits per heavy atom. The second kappa shape index (κ2) is 7.95. The van der Waals surface area contributed by atoms with Gasteiger partial charge in [0.05, 0.1) is 13.2 Å². The van der Waals surface area contributed by atoms with Crippen LogP contribution in [0.25, 0.3) is 0 Å². The summed E-state index contributed by atoms with van der Waals surface area (Å²) >= 11 is 1.93. The predicted molar refractivity (Wildman–Crippen MR) is 72.4 cm³/mol. The Balaban J connectivity index is 2.12. The van der Waals surface area contributed by atoms with Gasteiger partial charge in [-0.15, -0.1) is 0 Å². The van der Waals surface area contributed by atoms with E-state index in [1.807, 2.05) is 18.7 Å². The SMILES string of the molecule is COCC(C)NC(=O)CNC1CCC(SC)C1. The van der Waals surface area contributed by atoms with E-state index in [9.17, 15) is 4.79 Å². The average molecular weight is 260 g/mol. The molecule has 1 aliphatic carbocycles. The summed E-state index contributed by atoms with van der Waals surface area (Å²) in [5.41, 5.74) is 0. The number of ether oxygens (including phenoxy) is 1. The lowest BCUT2D eigenvalue weighted by Gasteiger charge is -2.15. The first kappa shape index (κ1) is 14.8. The lowest BCUT2D eigenvalue weighted by molar-refractivity contribution is -0.121. The molecule has 0 radical (unpaired) electrons. The van der Waals surface area contributed by atoms with Crippen molar-refractivity contribution in [2.75, 3.05) is 26.5 Å². The topological polar surface area (TPSA) is 50.4 Å². The highest BCUT2D eigenvalue weighted by Gasteiger charge is 2.23. The molecule has 0 bridgehead atoms. The standard InChI is InChI=1S/C12H24N2O2S/c1-9(8-16-2)14-12(15)7-13-10-4-5-11(6-10)17-3/h9-11,13H,4-8H2,1-3H3,(H,14,15). The van der Waals surface area contributed by atoms with Gasteiger partial charge in [0.1, 0.15) is 0 Å². The summed E-state index contributed by atoms with van der Waals surface area (Å²) in [5, 5.41) is 6.99. The molecule has 3 atom stereocenters. The van der Waals surface area contributed by atoms with Crippen molar-refractivity contribution >= 4 is 17.7 Å². The summed E-state index contributed by atoms with van der Waals surface area (Å²) in [4.78, 5) is 11.6. The number of hydrogen-bond acceptors (Lipinski definition) is 4. The molecule has 1 rings (SSSR count). The molecule has 0 aromatic heterocycles. The summed E-state index contributed by atoms with van der Waals surface area (Å²) in [7, 11) is 1.64. The number of hydrogen-bond donors (Lipinski definition) is 2. The molecule has 0 aromatic carbocycles. The minimum Gasteiger partial charge on any atom is -0.383 e. The van der Waals surface area contributed by atoms with E-state index in [0.29, 0.717) is 19.2 Å². The maximum absolute atomic E-state index is 11.6. The summed E-state index contributed by atoms with van der Waals surface area (Å²) in [6, 6.07) is 0.591. The van der Waals surface area contributed by atoms with Crippen molar-refractivity contribution in [3.63, 3.8) is 0 Å². The predicted octanol–water partition coefficient (Wildman–Crippen LogP) is 1.01. The van der Waals surface area contributed by atoms with E-state index < -0.39 is 0 Å². The third kappa shape index (κ3) is 5.75. The first-order chi connectivity index (χ1) is 8.15. The minimum atomic E-state index is 0.0575. The van der Waals surface area contributed by atoms with Crippen LogP contribution in [0.2, 0.25) is 0 Å². The van der Waals surface area contributed by atoms with Gasteiger partial charge in [0.25, 0.3) is 0 Å². The lowest BCUT2D eigenvalue weighted by atomic mass is 10.2. The van der Waals surface area contributed by atoms with E-state index in [2.05, 4.69) is 16.9 Å². The molecule has 1 saturated carbocycles. The van der Waals surface area contributed by atoms with Crippen molar-refractivity contribution in [2.24, 2.45) is 0 Å². The summed E-state index contributed by atoms with van der Waals surface area (Å²) in [6.45, 7) is 2.92. The first-order valence-electron chi connectivity index (χ1n) is 6.20. The van der Waals surface area contributed by atoms with E-state index in [1.165, 1.54) is 19.3 Å². The molecule has 5 heteroatoms. The van der Waals surface area contributed by atoms with Gasteiger partial charge in [0, 0.05) is 24.4 Å². The lowest BCUT2D eigenvalue weighted by Crippen LogP contribution is -2.43. The zero-order chi connectivity index (χ0) is 12.7. The molecular formula is C12H24N2O2S. The molecule has 0 heterocycles. The van der Waals surface area contributed by atoms with Crippen LogP contribution in [0, 0.1) is 0 Å². The van der Waals surface area contributed by atoms with Crippen molar-refractivity contribution in [3.05, 3.63) is 0 Å². The van der Waals surface area contributed by atoms with Crippen LogP contribution in [-0.2, 0) is 9.53 Å². The molecule has 100 valence electrons. The van der Waals surface area contributed by atoms with Gasteiger partial charge in [-0.2, -0.15) is 11.8 Å². The summed E-state index contributed by atoms with van der Waals surface area (Å²) in [6.07, 6.45) is 5.79. The Bertz CT molecular complexity index is 239. The minimum absolute atomic E-state index is 0.0575. The fourth-order valence-electron chi connectivity index (χ4n) is 2.19. The monoisotopic (exact) mass is 260 g/mol. The molecule has 1 amide bonds. The second-order valence-corrected chi connectivity index (χ2v) is 5.81. The molecule has 0 aromatic rings. The quantitative estimate of drug-likeness (QED) is 0.717. The van der Waals surface area contributed by atoms with Gasteiger partial charge in [0.15, 0.2) is 0 Å². The highest BCUT2D eigenvalue weighted by molar-refractivity contribution is 7.99. The number of rotatable bonds is 7. The molecule has 0 spiro atoms. The van der Waals surface area contributed by atoms with Crippen LogP contribution < -0.4 is 10.6 Å². The number of thioether (sulfide) groups is 1. The summed E-state index contributed by atoms with van der Waals surface area (Å²) in [5.74, 6) is 0.0575. The van der Waals surface area contributed by atoms with E-state index in [0.717, 1.165) is 5.25 Å². The fourth-order valence-corrected chi connectivity index (χ4v) is 2.99. The van der Waals surface area contributed by atoms with Crippen molar-refractivity contribution in [2.45, 2.75) is 43.5 Å². The first-order valence-corrected chi connectivity index (χ1v) is 7.49. The maximum Gasteiger partial charge on any atom is 0.234 e. The third-order valence-electron chi connectivity index (χ3n) is 3.09. The number of carbonyl (C=O) groups excluding carboxylic acids is 1. The van der Waals surface area contributed by atoms with Gasteiger partial charge >= 0.3 is 0 Å². The zero-order valence-corrected chi connectivity index (χ0v) is 11.8. The molecule has 1 fully saturated rings. The van der Waals surface area contributed by atoms with Gasteiger partial charge in [-0.3, -0.25) is 4.79 Å². The van der Waals surface area contributed by atoms with Gasteiger partial charge in [-0.05, 0) is 32.4 Å². The molecule has 1 aliphatic rings. The smallest absolute Gasteiger partial charge is 0.234 e. The fraction of sp³-hybridized carbons (Fsp3) is 0.917. The van der Waals surface area contributed by atoms with E-state index in [4.69, 9.17) is 4.74 Å². The largest absolute Gasteiger partial charge is 0.383 e. The van der Waals surface area contributed by atoms with Crippen LogP contribution in [0.1, 0.15) is 26.2 Å². The van der Waals surface area contributed by atoms with Crippen molar-refractivity contribution in [1.29, 1.82) is 0 Å². The zero-order valence-electron chi connectivity index (χ0n) is 11.0. The van der Waals surface area contributed by atoms with Gasteiger partial charge in [-0.1, -0.05) is 0 Å². The average Bonchev–Trinajstić information content (AvgIpc) is 2.74. The second-order valence-electron chi connectivity index (χ2n) is 4.67. The van der Waals surface area contributed by atoms with Gasteiger partial charge in [0.2, 0.25) is 5.91 Å². The number of nitrogens with one attached hydrogen (secondary N) is 2. The normalized spacial score (nSPS) is 25.8. The Morgan fingerprint density at radius 2 is 2.29 bits per heavy atom. The van der Waals surface area contributed by atoms with Crippen molar-refractivity contribution in [3.8, 4) is 0 Å². The van der Waals surface area contributed by atoms with Gasteiger partial charge in [-0.25, -0.2) is 0 Å². The van der Waals surface area contributed by atoms with Crippen LogP contribution in [0.5, 0.6) is 0 Å². The van der Waals surface area contributed by atoms with Crippen molar-refractivity contribution < 1.29 is 9.53 Å². The highest BCUT2D eigenvalue weighted by Crippen LogP contribution is 2.27. The van der Waals surface area contributed by atoms with E-state index >= 15 is 0 Å². The van der Waals surface area contributed by atoms with Crippen LogP contribution in [0.4, 0.5) is 0 Å². The summed E-state index contributed by atoms with van der Waals surface area (Å²) < 4.78 is 4.97. The Morgan fingerprint density at radius 3 is 2.88 bits per heavy atom. The van der Waals surface area contributed by atoms with Crippen LogP contribution >= 0.6 is 11.8 Å². The number of amides is 1. The maximum atomic E-state index is 11.6. The number of methoxy groups -OCH3 is 1. The van der Waals surface area contributed by atoms with Crippen LogP contribution in [0.3, 0.4) is 0 Å². The van der Waals surface area contributed by atoms with E-state index in [1.54, 1.807) is 7.11 Å². The molecule has 0 saturated heterocycles. The van der Waals surface area contributed by atoms with Gasteiger partial charge < -0.3 is 15.4 Å².